The third-order valence-corrected chi connectivity index (χ3v) is 4.65. The first-order valence-electron chi connectivity index (χ1n) is 9.20. The molecule has 1 aromatic heterocycles. The van der Waals surface area contributed by atoms with Gasteiger partial charge in [0.2, 0.25) is 0 Å². The maximum Gasteiger partial charge on any atom is 0.338 e. The summed E-state index contributed by atoms with van der Waals surface area (Å²) in [4.78, 5) is 49.5. The third-order valence-electron chi connectivity index (χ3n) is 4.65. The summed E-state index contributed by atoms with van der Waals surface area (Å²) < 4.78 is 31.7. The molecule has 3 rings (SSSR count). The van der Waals surface area contributed by atoms with Gasteiger partial charge in [0.1, 0.15) is 12.7 Å². The van der Waals surface area contributed by atoms with Crippen molar-refractivity contribution < 1.29 is 28.2 Å². The number of ether oxygens (including phenoxy) is 3. The molecular formula is C20H21FN2O7. The van der Waals surface area contributed by atoms with Crippen LogP contribution in [-0.2, 0) is 19.0 Å². The molecule has 1 aliphatic heterocycles. The lowest BCUT2D eigenvalue weighted by Crippen LogP contribution is -2.39. The molecule has 0 spiro atoms. The molecule has 0 radical (unpaired) electrons. The maximum absolute atomic E-state index is 15.0. The highest BCUT2D eigenvalue weighted by atomic mass is 19.1. The first-order chi connectivity index (χ1) is 14.2. The Morgan fingerprint density at radius 3 is 2.50 bits per heavy atom. The Morgan fingerprint density at radius 1 is 1.20 bits per heavy atom. The molecule has 10 heteroatoms. The number of alkyl halides is 1. The second-order valence-electron chi connectivity index (χ2n) is 7.03. The van der Waals surface area contributed by atoms with Crippen LogP contribution in [0.4, 0.5) is 4.39 Å². The summed E-state index contributed by atoms with van der Waals surface area (Å²) in [6.45, 7) is 3.96. The number of carbonyl (C=O) groups excluding carboxylic acids is 2. The van der Waals surface area contributed by atoms with E-state index in [-0.39, 0.29) is 11.1 Å². The van der Waals surface area contributed by atoms with E-state index in [0.29, 0.717) is 0 Å². The molecule has 1 aliphatic rings. The highest BCUT2D eigenvalue weighted by Crippen LogP contribution is 2.33. The van der Waals surface area contributed by atoms with Gasteiger partial charge in [0.15, 0.2) is 18.5 Å². The Morgan fingerprint density at radius 2 is 1.87 bits per heavy atom. The highest BCUT2D eigenvalue weighted by Gasteiger charge is 2.49. The molecule has 0 bridgehead atoms. The van der Waals surface area contributed by atoms with Crippen molar-refractivity contribution in [3.8, 4) is 0 Å². The summed E-state index contributed by atoms with van der Waals surface area (Å²) >= 11 is 0. The van der Waals surface area contributed by atoms with Crippen LogP contribution in [0.25, 0.3) is 0 Å². The summed E-state index contributed by atoms with van der Waals surface area (Å²) in [5, 5.41) is 0. The van der Waals surface area contributed by atoms with E-state index in [1.165, 1.54) is 13.1 Å². The number of nitrogens with zero attached hydrogens (tertiary/aromatic N) is 1. The average Bonchev–Trinajstić information content (AvgIpc) is 2.98. The summed E-state index contributed by atoms with van der Waals surface area (Å²) in [5.41, 5.74) is -0.0156. The fourth-order valence-corrected chi connectivity index (χ4v) is 3.08. The van der Waals surface area contributed by atoms with E-state index in [1.807, 2.05) is 6.92 Å². The Bertz CT molecular complexity index is 1060. The summed E-state index contributed by atoms with van der Waals surface area (Å²) in [6.07, 6.45) is -4.77. The van der Waals surface area contributed by atoms with Crippen molar-refractivity contribution >= 4 is 11.9 Å². The summed E-state index contributed by atoms with van der Waals surface area (Å²) in [7, 11) is 0. The number of hydrogen-bond donors (Lipinski definition) is 1. The molecule has 4 atom stereocenters. The quantitative estimate of drug-likeness (QED) is 0.722. The van der Waals surface area contributed by atoms with Crippen LogP contribution < -0.4 is 11.2 Å². The fraction of sp³-hybridized carbons (Fsp3) is 0.400. The Balaban J connectivity index is 1.80. The van der Waals surface area contributed by atoms with Crippen molar-refractivity contribution in [2.45, 2.75) is 45.4 Å². The Hall–Kier alpha value is -3.27. The molecule has 1 saturated heterocycles. The molecule has 1 aromatic carbocycles. The first kappa shape index (κ1) is 21.4. The zero-order valence-electron chi connectivity index (χ0n) is 16.6. The van der Waals surface area contributed by atoms with Crippen molar-refractivity contribution in [3.63, 3.8) is 0 Å². The van der Waals surface area contributed by atoms with E-state index in [9.17, 15) is 23.6 Å². The number of esters is 2. The van der Waals surface area contributed by atoms with Gasteiger partial charge in [-0.25, -0.2) is 14.0 Å². The van der Waals surface area contributed by atoms with Crippen molar-refractivity contribution in [3.05, 3.63) is 68.0 Å². The molecule has 0 unspecified atom stereocenters. The number of aromatic nitrogens is 2. The minimum atomic E-state index is -1.87. The number of aryl methyl sites for hydroxylation is 2. The van der Waals surface area contributed by atoms with Crippen molar-refractivity contribution in [2.75, 3.05) is 6.61 Å². The van der Waals surface area contributed by atoms with E-state index in [4.69, 9.17) is 14.2 Å². The SMILES string of the molecule is CC(=O)O[C@@H]1[C@H](F)[C@@H](COC(=O)c2ccc(C)cc2)O[C@H]1n1cc(C)c(=O)[nH]c1=O. The normalized spacial score (nSPS) is 23.2. The lowest BCUT2D eigenvalue weighted by molar-refractivity contribution is -0.154. The number of halogens is 1. The van der Waals surface area contributed by atoms with Gasteiger partial charge in [-0.2, -0.15) is 0 Å². The Labute approximate surface area is 170 Å². The molecule has 160 valence electrons. The summed E-state index contributed by atoms with van der Waals surface area (Å²) in [5.74, 6) is -1.45. The van der Waals surface area contributed by atoms with Gasteiger partial charge in [-0.3, -0.25) is 19.1 Å². The molecule has 1 N–H and O–H groups in total. The Kier molecular flexibility index (Phi) is 6.16. The molecular weight excluding hydrogens is 399 g/mol. The standard InChI is InChI=1S/C20H21FN2O7/c1-10-4-6-13(7-5-10)19(26)28-9-14-15(21)16(29-12(3)24)18(30-14)23-8-11(2)17(25)22-20(23)27/h4-8,14-16,18H,9H2,1-3H3,(H,22,25,27)/t14-,15-,16-,18-/m1/s1. The zero-order valence-corrected chi connectivity index (χ0v) is 16.6. The minimum absolute atomic E-state index is 0.185. The lowest BCUT2D eigenvalue weighted by Gasteiger charge is -2.20. The van der Waals surface area contributed by atoms with Gasteiger partial charge in [-0.05, 0) is 26.0 Å². The molecule has 1 fully saturated rings. The van der Waals surface area contributed by atoms with Crippen molar-refractivity contribution in [2.24, 2.45) is 0 Å². The zero-order chi connectivity index (χ0) is 22.0. The smallest absolute Gasteiger partial charge is 0.338 e. The van der Waals surface area contributed by atoms with Crippen LogP contribution in [0.15, 0.2) is 40.1 Å². The van der Waals surface area contributed by atoms with Gasteiger partial charge in [-0.15, -0.1) is 0 Å². The molecule has 30 heavy (non-hydrogen) atoms. The second kappa shape index (κ2) is 8.62. The van der Waals surface area contributed by atoms with Gasteiger partial charge in [0, 0.05) is 18.7 Å². The van der Waals surface area contributed by atoms with Crippen molar-refractivity contribution in [1.29, 1.82) is 0 Å². The molecule has 9 nitrogen and oxygen atoms in total. The molecule has 2 aromatic rings. The van der Waals surface area contributed by atoms with Crippen LogP contribution in [0.5, 0.6) is 0 Å². The largest absolute Gasteiger partial charge is 0.459 e. The van der Waals surface area contributed by atoms with Gasteiger partial charge in [0.25, 0.3) is 5.56 Å². The number of nitrogens with one attached hydrogen (secondary N) is 1. The second-order valence-corrected chi connectivity index (χ2v) is 7.03. The average molecular weight is 420 g/mol. The number of rotatable bonds is 5. The number of carbonyl (C=O) groups is 2. The van der Waals surface area contributed by atoms with E-state index in [0.717, 1.165) is 17.1 Å². The van der Waals surface area contributed by atoms with Crippen LogP contribution in [0, 0.1) is 13.8 Å². The van der Waals surface area contributed by atoms with Crippen LogP contribution in [-0.4, -0.2) is 46.5 Å². The maximum atomic E-state index is 15.0. The third kappa shape index (κ3) is 4.48. The fourth-order valence-electron chi connectivity index (χ4n) is 3.08. The van der Waals surface area contributed by atoms with E-state index in [1.54, 1.807) is 24.3 Å². The van der Waals surface area contributed by atoms with Crippen LogP contribution in [0.1, 0.15) is 34.6 Å². The minimum Gasteiger partial charge on any atom is -0.459 e. The highest BCUT2D eigenvalue weighted by molar-refractivity contribution is 5.89. The van der Waals surface area contributed by atoms with Gasteiger partial charge < -0.3 is 14.2 Å². The van der Waals surface area contributed by atoms with Gasteiger partial charge in [0.05, 0.1) is 5.56 Å². The summed E-state index contributed by atoms with van der Waals surface area (Å²) in [6, 6.07) is 6.62. The molecule has 0 amide bonds. The van der Waals surface area contributed by atoms with E-state index < -0.39 is 54.4 Å². The van der Waals surface area contributed by atoms with E-state index >= 15 is 0 Å². The topological polar surface area (TPSA) is 117 Å². The van der Waals surface area contributed by atoms with Crippen LogP contribution in [0.2, 0.25) is 0 Å². The predicted octanol–water partition coefficient (Wildman–Crippen LogP) is 1.18. The predicted molar refractivity (Wildman–Crippen MR) is 102 cm³/mol. The first-order valence-corrected chi connectivity index (χ1v) is 9.20. The number of hydrogen-bond acceptors (Lipinski definition) is 7. The van der Waals surface area contributed by atoms with Gasteiger partial charge in [-0.1, -0.05) is 17.7 Å². The lowest BCUT2D eigenvalue weighted by atomic mass is 10.1. The van der Waals surface area contributed by atoms with Crippen LogP contribution >= 0.6 is 0 Å². The molecule has 0 saturated carbocycles. The number of aromatic amines is 1. The van der Waals surface area contributed by atoms with Gasteiger partial charge >= 0.3 is 17.6 Å². The number of benzene rings is 1. The molecule has 0 aliphatic carbocycles. The molecule has 2 heterocycles. The van der Waals surface area contributed by atoms with Crippen molar-refractivity contribution in [1.82, 2.24) is 9.55 Å². The van der Waals surface area contributed by atoms with E-state index in [2.05, 4.69) is 4.98 Å². The monoisotopic (exact) mass is 420 g/mol. The number of H-pyrrole nitrogens is 1. The van der Waals surface area contributed by atoms with Crippen LogP contribution in [0.3, 0.4) is 0 Å².